The Bertz CT molecular complexity index is 700. The number of thiazole rings is 1. The molecule has 0 amide bonds. The third kappa shape index (κ3) is 2.68. The Labute approximate surface area is 114 Å². The second-order valence-corrected chi connectivity index (χ2v) is 5.46. The van der Waals surface area contributed by atoms with E-state index in [9.17, 15) is 0 Å². The van der Waals surface area contributed by atoms with Crippen LogP contribution in [0.4, 0.5) is 11.6 Å². The van der Waals surface area contributed by atoms with Gasteiger partial charge in [0.15, 0.2) is 0 Å². The van der Waals surface area contributed by atoms with Crippen molar-refractivity contribution in [2.45, 2.75) is 13.3 Å². The van der Waals surface area contributed by atoms with E-state index in [4.69, 9.17) is 5.73 Å². The molecule has 0 fully saturated rings. The first-order chi connectivity index (χ1) is 9.20. The lowest BCUT2D eigenvalue weighted by atomic mass is 10.3. The summed E-state index contributed by atoms with van der Waals surface area (Å²) in [5.41, 5.74) is 9.46. The first-order valence-corrected chi connectivity index (χ1v) is 6.99. The van der Waals surface area contributed by atoms with Crippen LogP contribution in [0.2, 0.25) is 0 Å². The van der Waals surface area contributed by atoms with E-state index in [2.05, 4.69) is 25.6 Å². The maximum absolute atomic E-state index is 5.74. The zero-order valence-corrected chi connectivity index (χ0v) is 11.4. The van der Waals surface area contributed by atoms with Gasteiger partial charge in [0.05, 0.1) is 21.7 Å². The Morgan fingerprint density at radius 2 is 2.26 bits per heavy atom. The summed E-state index contributed by atoms with van der Waals surface area (Å²) in [6.07, 6.45) is 0.892. The Kier molecular flexibility index (Phi) is 3.08. The van der Waals surface area contributed by atoms with E-state index in [1.807, 2.05) is 25.1 Å². The van der Waals surface area contributed by atoms with Gasteiger partial charge in [-0.2, -0.15) is 0 Å². The monoisotopic (exact) mass is 273 g/mol. The molecule has 2 heterocycles. The van der Waals surface area contributed by atoms with Crippen LogP contribution in [-0.4, -0.2) is 21.5 Å². The summed E-state index contributed by atoms with van der Waals surface area (Å²) in [6.45, 7) is 2.82. The number of aromatic amines is 1. The molecule has 0 radical (unpaired) electrons. The number of nitrogens with zero attached hydrogens (tertiary/aromatic N) is 2. The number of benzene rings is 1. The minimum atomic E-state index is 0.737. The molecule has 3 aromatic rings. The summed E-state index contributed by atoms with van der Waals surface area (Å²) in [6, 6.07) is 5.65. The third-order valence-electron chi connectivity index (χ3n) is 2.85. The number of hydrogen-bond donors (Lipinski definition) is 3. The lowest BCUT2D eigenvalue weighted by Crippen LogP contribution is -2.06. The molecule has 0 atom stereocenters. The average Bonchev–Trinajstić information content (AvgIpc) is 2.95. The fourth-order valence-electron chi connectivity index (χ4n) is 1.94. The molecule has 0 aliphatic rings. The Morgan fingerprint density at radius 3 is 3.05 bits per heavy atom. The number of rotatable bonds is 4. The van der Waals surface area contributed by atoms with Gasteiger partial charge in [0.25, 0.3) is 0 Å². The van der Waals surface area contributed by atoms with Crippen LogP contribution in [0.15, 0.2) is 23.6 Å². The van der Waals surface area contributed by atoms with E-state index in [0.29, 0.717) is 0 Å². The fourth-order valence-corrected chi connectivity index (χ4v) is 2.59. The maximum Gasteiger partial charge on any atom is 0.201 e. The minimum Gasteiger partial charge on any atom is -0.399 e. The number of nitrogens with two attached hydrogens (primary N) is 1. The van der Waals surface area contributed by atoms with E-state index in [1.165, 1.54) is 0 Å². The quantitative estimate of drug-likeness (QED) is 0.638. The molecule has 0 unspecified atom stereocenters. The summed E-state index contributed by atoms with van der Waals surface area (Å²) in [5.74, 6) is 0.771. The normalized spacial score (nSPS) is 11.0. The number of fused-ring (bicyclic) bond motifs is 1. The highest BCUT2D eigenvalue weighted by atomic mass is 32.1. The first kappa shape index (κ1) is 12.0. The highest BCUT2D eigenvalue weighted by Crippen LogP contribution is 2.17. The Balaban J connectivity index is 1.65. The number of anilines is 2. The van der Waals surface area contributed by atoms with Crippen molar-refractivity contribution >= 4 is 34.0 Å². The number of imidazole rings is 1. The van der Waals surface area contributed by atoms with E-state index in [-0.39, 0.29) is 0 Å². The van der Waals surface area contributed by atoms with Gasteiger partial charge in [-0.15, -0.1) is 11.3 Å². The molecule has 0 spiro atoms. The van der Waals surface area contributed by atoms with Crippen LogP contribution in [0.1, 0.15) is 10.7 Å². The second kappa shape index (κ2) is 4.89. The molecule has 0 saturated heterocycles. The van der Waals surface area contributed by atoms with Crippen molar-refractivity contribution in [3.8, 4) is 0 Å². The van der Waals surface area contributed by atoms with Crippen LogP contribution in [-0.2, 0) is 6.42 Å². The molecule has 3 rings (SSSR count). The number of nitrogens with one attached hydrogen (secondary N) is 2. The van der Waals surface area contributed by atoms with Gasteiger partial charge in [0.1, 0.15) is 0 Å². The zero-order chi connectivity index (χ0) is 13.2. The van der Waals surface area contributed by atoms with Crippen LogP contribution in [0.25, 0.3) is 11.0 Å². The summed E-state index contributed by atoms with van der Waals surface area (Å²) in [7, 11) is 0. The van der Waals surface area contributed by atoms with Crippen molar-refractivity contribution in [1.82, 2.24) is 15.0 Å². The van der Waals surface area contributed by atoms with Gasteiger partial charge < -0.3 is 16.0 Å². The Hall–Kier alpha value is -2.08. The highest BCUT2D eigenvalue weighted by Gasteiger charge is 2.03. The molecule has 0 bridgehead atoms. The lowest BCUT2D eigenvalue weighted by molar-refractivity contribution is 0.956. The van der Waals surface area contributed by atoms with Gasteiger partial charge in [-0.25, -0.2) is 9.97 Å². The Morgan fingerprint density at radius 1 is 1.37 bits per heavy atom. The summed E-state index contributed by atoms with van der Waals surface area (Å²) < 4.78 is 0. The SMILES string of the molecule is Cc1nc(CCNc2nc3ccc(N)cc3[nH]2)cs1. The van der Waals surface area contributed by atoms with Crippen molar-refractivity contribution in [3.05, 3.63) is 34.3 Å². The number of hydrogen-bond acceptors (Lipinski definition) is 5. The largest absolute Gasteiger partial charge is 0.399 e. The third-order valence-corrected chi connectivity index (χ3v) is 3.67. The van der Waals surface area contributed by atoms with Crippen molar-refractivity contribution in [1.29, 1.82) is 0 Å². The summed E-state index contributed by atoms with van der Waals surface area (Å²) in [5, 5.41) is 6.47. The van der Waals surface area contributed by atoms with Crippen molar-refractivity contribution < 1.29 is 0 Å². The van der Waals surface area contributed by atoms with Crippen LogP contribution in [0.5, 0.6) is 0 Å². The number of nitrogen functional groups attached to an aromatic ring is 1. The smallest absolute Gasteiger partial charge is 0.201 e. The predicted molar refractivity (Wildman–Crippen MR) is 79.6 cm³/mol. The fraction of sp³-hybridized carbons (Fsp3) is 0.231. The first-order valence-electron chi connectivity index (χ1n) is 6.11. The van der Waals surface area contributed by atoms with Gasteiger partial charge in [-0.1, -0.05) is 0 Å². The van der Waals surface area contributed by atoms with E-state index in [0.717, 1.165) is 46.3 Å². The lowest BCUT2D eigenvalue weighted by Gasteiger charge is -1.99. The van der Waals surface area contributed by atoms with Crippen molar-refractivity contribution in [2.24, 2.45) is 0 Å². The highest BCUT2D eigenvalue weighted by molar-refractivity contribution is 7.09. The minimum absolute atomic E-state index is 0.737. The number of aromatic nitrogens is 3. The van der Waals surface area contributed by atoms with E-state index >= 15 is 0 Å². The topological polar surface area (TPSA) is 79.6 Å². The van der Waals surface area contributed by atoms with Crippen LogP contribution < -0.4 is 11.1 Å². The molecular formula is C13H15N5S. The van der Waals surface area contributed by atoms with Crippen LogP contribution in [0, 0.1) is 6.92 Å². The van der Waals surface area contributed by atoms with Gasteiger partial charge in [0.2, 0.25) is 5.95 Å². The van der Waals surface area contributed by atoms with Gasteiger partial charge in [0, 0.05) is 24.0 Å². The molecule has 1 aromatic carbocycles. The molecule has 0 aliphatic heterocycles. The average molecular weight is 273 g/mol. The second-order valence-electron chi connectivity index (χ2n) is 4.40. The molecule has 19 heavy (non-hydrogen) atoms. The van der Waals surface area contributed by atoms with Gasteiger partial charge in [-0.3, -0.25) is 0 Å². The maximum atomic E-state index is 5.74. The van der Waals surface area contributed by atoms with E-state index < -0.39 is 0 Å². The molecule has 6 heteroatoms. The predicted octanol–water partition coefficient (Wildman–Crippen LogP) is 2.56. The molecule has 0 saturated carbocycles. The molecule has 2 aromatic heterocycles. The molecule has 98 valence electrons. The molecule has 0 aliphatic carbocycles. The summed E-state index contributed by atoms with van der Waals surface area (Å²) in [4.78, 5) is 12.1. The standard InChI is InChI=1S/C13H15N5S/c1-8-16-10(7-19-8)4-5-15-13-17-11-3-2-9(14)6-12(11)18-13/h2-3,6-7H,4-5,14H2,1H3,(H2,15,17,18). The molecular weight excluding hydrogens is 258 g/mol. The van der Waals surface area contributed by atoms with Gasteiger partial charge in [-0.05, 0) is 25.1 Å². The number of H-pyrrole nitrogens is 1. The summed E-state index contributed by atoms with van der Waals surface area (Å²) >= 11 is 1.68. The molecule has 4 N–H and O–H groups in total. The number of aryl methyl sites for hydroxylation is 1. The van der Waals surface area contributed by atoms with Crippen molar-refractivity contribution in [3.63, 3.8) is 0 Å². The zero-order valence-electron chi connectivity index (χ0n) is 10.6. The van der Waals surface area contributed by atoms with Gasteiger partial charge >= 0.3 is 0 Å². The van der Waals surface area contributed by atoms with E-state index in [1.54, 1.807) is 11.3 Å². The molecule has 5 nitrogen and oxygen atoms in total. The van der Waals surface area contributed by atoms with Crippen molar-refractivity contribution in [2.75, 3.05) is 17.6 Å². The van der Waals surface area contributed by atoms with Crippen LogP contribution >= 0.6 is 11.3 Å². The van der Waals surface area contributed by atoms with Crippen LogP contribution in [0.3, 0.4) is 0 Å².